The van der Waals surface area contributed by atoms with E-state index in [1.165, 1.54) is 0 Å². The third-order valence-corrected chi connectivity index (χ3v) is 3.07. The first-order valence-electron chi connectivity index (χ1n) is 5.72. The lowest BCUT2D eigenvalue weighted by Crippen LogP contribution is -2.18. The van der Waals surface area contributed by atoms with Gasteiger partial charge in [-0.15, -0.1) is 0 Å². The van der Waals surface area contributed by atoms with Gasteiger partial charge < -0.3 is 14.8 Å². The van der Waals surface area contributed by atoms with Crippen LogP contribution < -0.4 is 14.8 Å². The van der Waals surface area contributed by atoms with Gasteiger partial charge in [-0.3, -0.25) is 4.79 Å². The van der Waals surface area contributed by atoms with E-state index in [0.717, 1.165) is 19.5 Å². The Morgan fingerprint density at radius 3 is 2.35 bits per heavy atom. The van der Waals surface area contributed by atoms with Gasteiger partial charge in [-0.25, -0.2) is 0 Å². The fourth-order valence-corrected chi connectivity index (χ4v) is 2.06. The Balaban J connectivity index is 2.26. The second-order valence-electron chi connectivity index (χ2n) is 4.16. The Kier molecular flexibility index (Phi) is 3.64. The quantitative estimate of drug-likeness (QED) is 0.803. The highest BCUT2D eigenvalue weighted by Gasteiger charge is 2.24. The fourth-order valence-electron chi connectivity index (χ4n) is 2.06. The van der Waals surface area contributed by atoms with Crippen molar-refractivity contribution in [3.8, 4) is 11.5 Å². The van der Waals surface area contributed by atoms with E-state index >= 15 is 0 Å². The molecule has 0 saturated carbocycles. The molecule has 0 spiro atoms. The molecule has 1 atom stereocenters. The summed E-state index contributed by atoms with van der Waals surface area (Å²) in [4.78, 5) is 12.2. The molecule has 1 aliphatic rings. The second-order valence-corrected chi connectivity index (χ2v) is 4.16. The van der Waals surface area contributed by atoms with Crippen LogP contribution in [0.25, 0.3) is 0 Å². The Hall–Kier alpha value is -1.55. The fraction of sp³-hybridized carbons (Fsp3) is 0.462. The third-order valence-electron chi connectivity index (χ3n) is 3.07. The number of hydrogen-bond donors (Lipinski definition) is 1. The lowest BCUT2D eigenvalue weighted by atomic mass is 9.96. The first kappa shape index (κ1) is 11.9. The van der Waals surface area contributed by atoms with Crippen LogP contribution in [0.2, 0.25) is 0 Å². The molecule has 1 aromatic carbocycles. The summed E-state index contributed by atoms with van der Waals surface area (Å²) in [5, 5.41) is 3.20. The molecular weight excluding hydrogens is 218 g/mol. The maximum atomic E-state index is 12.2. The number of ether oxygens (including phenoxy) is 2. The molecule has 1 heterocycles. The van der Waals surface area contributed by atoms with Crippen LogP contribution in [0.15, 0.2) is 18.2 Å². The van der Waals surface area contributed by atoms with Gasteiger partial charge >= 0.3 is 0 Å². The van der Waals surface area contributed by atoms with E-state index < -0.39 is 0 Å². The molecular formula is C13H17NO3. The lowest BCUT2D eigenvalue weighted by Gasteiger charge is -2.10. The number of benzene rings is 1. The van der Waals surface area contributed by atoms with Crippen molar-refractivity contribution in [1.82, 2.24) is 5.32 Å². The molecule has 1 unspecified atom stereocenters. The van der Waals surface area contributed by atoms with Crippen LogP contribution in [0.4, 0.5) is 0 Å². The molecule has 92 valence electrons. The Labute approximate surface area is 101 Å². The topological polar surface area (TPSA) is 47.6 Å². The number of rotatable bonds is 4. The van der Waals surface area contributed by atoms with Crippen LogP contribution in [0.1, 0.15) is 16.8 Å². The number of hydrogen-bond acceptors (Lipinski definition) is 4. The van der Waals surface area contributed by atoms with Crippen LogP contribution >= 0.6 is 0 Å². The van der Waals surface area contributed by atoms with E-state index in [2.05, 4.69) is 5.32 Å². The Bertz CT molecular complexity index is 389. The van der Waals surface area contributed by atoms with Crippen LogP contribution in [-0.4, -0.2) is 33.1 Å². The molecule has 1 fully saturated rings. The van der Waals surface area contributed by atoms with Gasteiger partial charge in [0.2, 0.25) is 0 Å². The SMILES string of the molecule is COc1cc(OC)cc(C(=O)C2CCNC2)c1. The molecule has 1 aliphatic heterocycles. The van der Waals surface area contributed by atoms with Crippen LogP contribution in [0, 0.1) is 5.92 Å². The summed E-state index contributed by atoms with van der Waals surface area (Å²) >= 11 is 0. The first-order chi connectivity index (χ1) is 8.24. The van der Waals surface area contributed by atoms with Crippen molar-refractivity contribution in [1.29, 1.82) is 0 Å². The summed E-state index contributed by atoms with van der Waals surface area (Å²) in [7, 11) is 3.17. The number of carbonyl (C=O) groups is 1. The van der Waals surface area contributed by atoms with E-state index in [4.69, 9.17) is 9.47 Å². The molecule has 2 rings (SSSR count). The van der Waals surface area contributed by atoms with Gasteiger partial charge in [-0.1, -0.05) is 0 Å². The zero-order valence-corrected chi connectivity index (χ0v) is 10.2. The number of carbonyl (C=O) groups excluding carboxylic acids is 1. The van der Waals surface area contributed by atoms with E-state index in [1.807, 2.05) is 0 Å². The zero-order valence-electron chi connectivity index (χ0n) is 10.2. The summed E-state index contributed by atoms with van der Waals surface area (Å²) < 4.78 is 10.3. The minimum Gasteiger partial charge on any atom is -0.497 e. The predicted molar refractivity (Wildman–Crippen MR) is 64.9 cm³/mol. The number of Topliss-reactive ketones (excluding diaryl/α,β-unsaturated/α-hetero) is 1. The monoisotopic (exact) mass is 235 g/mol. The smallest absolute Gasteiger partial charge is 0.167 e. The molecule has 1 aromatic rings. The largest absolute Gasteiger partial charge is 0.497 e. The van der Waals surface area contributed by atoms with Gasteiger partial charge in [-0.05, 0) is 25.1 Å². The number of methoxy groups -OCH3 is 2. The van der Waals surface area contributed by atoms with Gasteiger partial charge in [0.15, 0.2) is 5.78 Å². The average Bonchev–Trinajstić information content (AvgIpc) is 2.91. The molecule has 0 bridgehead atoms. The summed E-state index contributed by atoms with van der Waals surface area (Å²) in [6.45, 7) is 1.68. The van der Waals surface area contributed by atoms with Gasteiger partial charge in [-0.2, -0.15) is 0 Å². The standard InChI is InChI=1S/C13H17NO3/c1-16-11-5-10(6-12(7-11)17-2)13(15)9-3-4-14-8-9/h5-7,9,14H,3-4,8H2,1-2H3. The van der Waals surface area contributed by atoms with E-state index in [-0.39, 0.29) is 11.7 Å². The highest BCUT2D eigenvalue weighted by Crippen LogP contribution is 2.25. The van der Waals surface area contributed by atoms with Crippen molar-refractivity contribution in [2.75, 3.05) is 27.3 Å². The lowest BCUT2D eigenvalue weighted by molar-refractivity contribution is 0.0929. The Morgan fingerprint density at radius 2 is 1.88 bits per heavy atom. The van der Waals surface area contributed by atoms with Crippen molar-refractivity contribution in [3.63, 3.8) is 0 Å². The summed E-state index contributed by atoms with van der Waals surface area (Å²) in [5.74, 6) is 1.54. The number of ketones is 1. The third kappa shape index (κ3) is 2.58. The highest BCUT2D eigenvalue weighted by atomic mass is 16.5. The van der Waals surface area contributed by atoms with Crippen molar-refractivity contribution in [3.05, 3.63) is 23.8 Å². The Morgan fingerprint density at radius 1 is 1.24 bits per heavy atom. The number of nitrogens with one attached hydrogen (secondary N) is 1. The molecule has 0 amide bonds. The van der Waals surface area contributed by atoms with Crippen LogP contribution in [-0.2, 0) is 0 Å². The molecule has 4 nitrogen and oxygen atoms in total. The molecule has 4 heteroatoms. The average molecular weight is 235 g/mol. The van der Waals surface area contributed by atoms with Crippen molar-refractivity contribution in [2.24, 2.45) is 5.92 Å². The van der Waals surface area contributed by atoms with Crippen LogP contribution in [0.5, 0.6) is 11.5 Å². The van der Waals surface area contributed by atoms with Crippen molar-refractivity contribution in [2.45, 2.75) is 6.42 Å². The van der Waals surface area contributed by atoms with E-state index in [1.54, 1.807) is 32.4 Å². The maximum absolute atomic E-state index is 12.2. The minimum atomic E-state index is 0.0758. The minimum absolute atomic E-state index is 0.0758. The van der Waals surface area contributed by atoms with Gasteiger partial charge in [0.1, 0.15) is 11.5 Å². The van der Waals surface area contributed by atoms with Crippen LogP contribution in [0.3, 0.4) is 0 Å². The normalized spacial score (nSPS) is 19.1. The summed E-state index contributed by atoms with van der Waals surface area (Å²) in [6.07, 6.45) is 0.901. The molecule has 1 saturated heterocycles. The molecule has 1 N–H and O–H groups in total. The molecule has 0 aromatic heterocycles. The van der Waals surface area contributed by atoms with E-state index in [9.17, 15) is 4.79 Å². The van der Waals surface area contributed by atoms with Crippen molar-refractivity contribution >= 4 is 5.78 Å². The predicted octanol–water partition coefficient (Wildman–Crippen LogP) is 1.50. The van der Waals surface area contributed by atoms with Gasteiger partial charge in [0.05, 0.1) is 14.2 Å². The van der Waals surface area contributed by atoms with Gasteiger partial charge in [0.25, 0.3) is 0 Å². The maximum Gasteiger partial charge on any atom is 0.167 e. The molecule has 0 radical (unpaired) electrons. The molecule has 17 heavy (non-hydrogen) atoms. The molecule has 0 aliphatic carbocycles. The summed E-state index contributed by atoms with van der Waals surface area (Å²) in [6, 6.07) is 5.30. The highest BCUT2D eigenvalue weighted by molar-refractivity contribution is 5.99. The first-order valence-corrected chi connectivity index (χ1v) is 5.72. The van der Waals surface area contributed by atoms with Gasteiger partial charge in [0, 0.05) is 24.1 Å². The zero-order chi connectivity index (χ0) is 12.3. The second kappa shape index (κ2) is 5.19. The van der Waals surface area contributed by atoms with E-state index in [0.29, 0.717) is 17.1 Å². The van der Waals surface area contributed by atoms with Crippen molar-refractivity contribution < 1.29 is 14.3 Å². The summed E-state index contributed by atoms with van der Waals surface area (Å²) in [5.41, 5.74) is 0.662.